The molecule has 80 valence electrons. The number of thiophene rings is 1. The van der Waals surface area contributed by atoms with Gasteiger partial charge in [-0.25, -0.2) is 4.98 Å². The summed E-state index contributed by atoms with van der Waals surface area (Å²) in [6.07, 6.45) is 1.76. The van der Waals surface area contributed by atoms with Gasteiger partial charge in [-0.2, -0.15) is 11.3 Å². The molecule has 2 aromatic heterocycles. The Balaban J connectivity index is 0.00000112. The van der Waals surface area contributed by atoms with Gasteiger partial charge in [-0.05, 0) is 56.0 Å². The van der Waals surface area contributed by atoms with Crippen molar-refractivity contribution in [2.45, 2.75) is 6.04 Å². The average Bonchev–Trinajstić information content (AvgIpc) is 2.69. The number of hydrogen-bond donors (Lipinski definition) is 1. The molecule has 0 aliphatic heterocycles. The fraction of sp³-hybridized carbons (Fsp3) is 0.100. The molecule has 0 aliphatic carbocycles. The minimum atomic E-state index is -0.0550. The van der Waals surface area contributed by atoms with Crippen molar-refractivity contribution < 1.29 is 0 Å². The number of halogens is 2. The summed E-state index contributed by atoms with van der Waals surface area (Å²) in [5, 5.41) is 4.10. The third-order valence-electron chi connectivity index (χ3n) is 2.01. The molecule has 2 aromatic rings. The minimum absolute atomic E-state index is 0. The van der Waals surface area contributed by atoms with Crippen LogP contribution in [-0.2, 0) is 0 Å². The lowest BCUT2D eigenvalue weighted by Gasteiger charge is -2.09. The Hall–Kier alpha value is -0.420. The van der Waals surface area contributed by atoms with Gasteiger partial charge in [-0.15, -0.1) is 12.4 Å². The van der Waals surface area contributed by atoms with E-state index >= 15 is 0 Å². The van der Waals surface area contributed by atoms with E-state index in [0.717, 1.165) is 15.7 Å². The molecule has 0 unspecified atom stereocenters. The summed E-state index contributed by atoms with van der Waals surface area (Å²) in [7, 11) is 0. The van der Waals surface area contributed by atoms with Crippen molar-refractivity contribution in [3.63, 3.8) is 0 Å². The molecule has 0 radical (unpaired) electrons. The van der Waals surface area contributed by atoms with Crippen molar-refractivity contribution in [2.24, 2.45) is 5.73 Å². The van der Waals surface area contributed by atoms with Gasteiger partial charge in [0.05, 0.1) is 6.04 Å². The van der Waals surface area contributed by atoms with Gasteiger partial charge in [0.15, 0.2) is 0 Å². The highest BCUT2D eigenvalue weighted by atomic mass is 79.9. The number of aromatic nitrogens is 1. The highest BCUT2D eigenvalue weighted by Gasteiger charge is 2.09. The molecule has 1 atom stereocenters. The number of nitrogens with two attached hydrogens (primary N) is 1. The van der Waals surface area contributed by atoms with Crippen LogP contribution >= 0.6 is 39.7 Å². The van der Waals surface area contributed by atoms with Gasteiger partial charge in [0, 0.05) is 6.20 Å². The Kier molecular flexibility index (Phi) is 4.73. The molecule has 0 fully saturated rings. The summed E-state index contributed by atoms with van der Waals surface area (Å²) >= 11 is 4.99. The van der Waals surface area contributed by atoms with Crippen LogP contribution in [0.3, 0.4) is 0 Å². The van der Waals surface area contributed by atoms with E-state index in [0.29, 0.717) is 0 Å². The third kappa shape index (κ3) is 3.01. The summed E-state index contributed by atoms with van der Waals surface area (Å²) in [4.78, 5) is 4.07. The fourth-order valence-electron chi connectivity index (χ4n) is 1.26. The first kappa shape index (κ1) is 12.6. The van der Waals surface area contributed by atoms with Crippen molar-refractivity contribution in [3.8, 4) is 0 Å². The molecule has 5 heteroatoms. The molecule has 15 heavy (non-hydrogen) atoms. The summed E-state index contributed by atoms with van der Waals surface area (Å²) in [5.41, 5.74) is 8.31. The Bertz CT molecular complexity index is 419. The van der Waals surface area contributed by atoms with Crippen LogP contribution < -0.4 is 5.73 Å². The van der Waals surface area contributed by atoms with Gasteiger partial charge in [0.25, 0.3) is 0 Å². The second-order valence-corrected chi connectivity index (χ2v) is 4.54. The molecule has 2 nitrogen and oxygen atoms in total. The number of nitrogens with zero attached hydrogens (tertiary/aromatic N) is 1. The van der Waals surface area contributed by atoms with E-state index in [-0.39, 0.29) is 18.4 Å². The lowest BCUT2D eigenvalue weighted by Crippen LogP contribution is -2.10. The second-order valence-electron chi connectivity index (χ2n) is 2.95. The SMILES string of the molecule is Cl.N[C@@H](c1ccsc1)c1ccnc(Br)c1. The number of hydrogen-bond acceptors (Lipinski definition) is 3. The zero-order valence-corrected chi connectivity index (χ0v) is 11.0. The maximum Gasteiger partial charge on any atom is 0.106 e. The van der Waals surface area contributed by atoms with Crippen LogP contribution in [0, 0.1) is 0 Å². The van der Waals surface area contributed by atoms with E-state index in [1.165, 1.54) is 0 Å². The maximum absolute atomic E-state index is 6.09. The molecule has 2 N–H and O–H groups in total. The smallest absolute Gasteiger partial charge is 0.106 e. The highest BCUT2D eigenvalue weighted by molar-refractivity contribution is 9.10. The molecule has 0 spiro atoms. The Morgan fingerprint density at radius 3 is 2.73 bits per heavy atom. The molecule has 0 amide bonds. The van der Waals surface area contributed by atoms with Gasteiger partial charge in [0.2, 0.25) is 0 Å². The molecule has 2 heterocycles. The summed E-state index contributed by atoms with van der Waals surface area (Å²) in [5.74, 6) is 0. The van der Waals surface area contributed by atoms with Gasteiger partial charge in [-0.3, -0.25) is 0 Å². The predicted octanol–water partition coefficient (Wildman–Crippen LogP) is 3.38. The molecule has 0 aliphatic rings. The second kappa shape index (κ2) is 5.61. The number of rotatable bonds is 2. The molecule has 2 rings (SSSR count). The zero-order valence-electron chi connectivity index (χ0n) is 7.76. The summed E-state index contributed by atoms with van der Waals surface area (Å²) in [6, 6.07) is 5.87. The van der Waals surface area contributed by atoms with Crippen LogP contribution in [0.15, 0.2) is 39.8 Å². The molecular weight excluding hydrogens is 296 g/mol. The van der Waals surface area contributed by atoms with Crippen LogP contribution in [0.1, 0.15) is 17.2 Å². The molecule has 0 saturated heterocycles. The van der Waals surface area contributed by atoms with Gasteiger partial charge in [-0.1, -0.05) is 0 Å². The largest absolute Gasteiger partial charge is 0.320 e. The summed E-state index contributed by atoms with van der Waals surface area (Å²) < 4.78 is 0.820. The topological polar surface area (TPSA) is 38.9 Å². The Labute approximate surface area is 107 Å². The van der Waals surface area contributed by atoms with Crippen LogP contribution in [0.25, 0.3) is 0 Å². The molecular formula is C10H10BrClN2S. The molecule has 0 bridgehead atoms. The van der Waals surface area contributed by atoms with E-state index < -0.39 is 0 Å². The van der Waals surface area contributed by atoms with Gasteiger partial charge in [0.1, 0.15) is 4.60 Å². The van der Waals surface area contributed by atoms with Crippen molar-refractivity contribution >= 4 is 39.7 Å². The van der Waals surface area contributed by atoms with Crippen molar-refractivity contribution in [1.29, 1.82) is 0 Å². The van der Waals surface area contributed by atoms with E-state index in [1.54, 1.807) is 17.5 Å². The first-order chi connectivity index (χ1) is 6.77. The first-order valence-corrected chi connectivity index (χ1v) is 5.90. The van der Waals surface area contributed by atoms with Crippen LogP contribution in [0.5, 0.6) is 0 Å². The van der Waals surface area contributed by atoms with Crippen LogP contribution in [-0.4, -0.2) is 4.98 Å². The monoisotopic (exact) mass is 304 g/mol. The lowest BCUT2D eigenvalue weighted by molar-refractivity contribution is 0.871. The van der Waals surface area contributed by atoms with Crippen molar-refractivity contribution in [1.82, 2.24) is 4.98 Å². The van der Waals surface area contributed by atoms with E-state index in [2.05, 4.69) is 26.3 Å². The highest BCUT2D eigenvalue weighted by Crippen LogP contribution is 2.22. The average molecular weight is 306 g/mol. The van der Waals surface area contributed by atoms with Crippen molar-refractivity contribution in [2.75, 3.05) is 0 Å². The molecule has 0 saturated carbocycles. The Morgan fingerprint density at radius 2 is 2.13 bits per heavy atom. The lowest BCUT2D eigenvalue weighted by atomic mass is 10.0. The third-order valence-corrected chi connectivity index (χ3v) is 3.15. The van der Waals surface area contributed by atoms with Crippen LogP contribution in [0.2, 0.25) is 0 Å². The maximum atomic E-state index is 6.09. The molecule has 0 aromatic carbocycles. The van der Waals surface area contributed by atoms with E-state index in [1.807, 2.05) is 23.6 Å². The number of pyridine rings is 1. The minimum Gasteiger partial charge on any atom is -0.320 e. The Morgan fingerprint density at radius 1 is 1.33 bits per heavy atom. The van der Waals surface area contributed by atoms with E-state index in [9.17, 15) is 0 Å². The van der Waals surface area contributed by atoms with Crippen LogP contribution in [0.4, 0.5) is 0 Å². The van der Waals surface area contributed by atoms with Crippen molar-refractivity contribution in [3.05, 3.63) is 50.9 Å². The standard InChI is InChI=1S/C10H9BrN2S.ClH/c11-9-5-7(1-3-13-9)10(12)8-2-4-14-6-8;/h1-6,10H,12H2;1H/t10-;/m1./s1. The predicted molar refractivity (Wildman–Crippen MR) is 69.5 cm³/mol. The fourth-order valence-corrected chi connectivity index (χ4v) is 2.33. The normalized spacial score (nSPS) is 11.9. The van der Waals surface area contributed by atoms with Gasteiger partial charge >= 0.3 is 0 Å². The quantitative estimate of drug-likeness (QED) is 0.864. The van der Waals surface area contributed by atoms with E-state index in [4.69, 9.17) is 5.73 Å². The summed E-state index contributed by atoms with van der Waals surface area (Å²) in [6.45, 7) is 0. The van der Waals surface area contributed by atoms with Gasteiger partial charge < -0.3 is 5.73 Å². The first-order valence-electron chi connectivity index (χ1n) is 4.16. The zero-order chi connectivity index (χ0) is 9.97.